The lowest BCUT2D eigenvalue weighted by atomic mass is 9.85. The van der Waals surface area contributed by atoms with E-state index in [-0.39, 0.29) is 0 Å². The number of nitrogens with one attached hydrogen (secondary N) is 1. The maximum absolute atomic E-state index is 3.77. The molecule has 1 aliphatic carbocycles. The molecule has 1 aliphatic heterocycles. The van der Waals surface area contributed by atoms with Crippen LogP contribution in [-0.2, 0) is 6.42 Å². The minimum absolute atomic E-state index is 0.747. The highest BCUT2D eigenvalue weighted by Crippen LogP contribution is 2.25. The van der Waals surface area contributed by atoms with Crippen LogP contribution in [0.3, 0.4) is 0 Å². The van der Waals surface area contributed by atoms with Crippen molar-refractivity contribution < 1.29 is 0 Å². The summed E-state index contributed by atoms with van der Waals surface area (Å²) in [5.74, 6) is 0.985. The molecule has 1 aromatic carbocycles. The van der Waals surface area contributed by atoms with Crippen molar-refractivity contribution in [3.8, 4) is 0 Å². The molecule has 2 fully saturated rings. The molecular formula is C17H26N2. The number of hydrogen-bond donors (Lipinski definition) is 1. The van der Waals surface area contributed by atoms with Crippen molar-refractivity contribution in [2.24, 2.45) is 5.92 Å². The van der Waals surface area contributed by atoms with Crippen LogP contribution in [0.1, 0.15) is 31.2 Å². The first kappa shape index (κ1) is 13.1. The SMILES string of the molecule is c1ccc(CCN2CCC(NCC3CCC3)C2)cc1. The largest absolute Gasteiger partial charge is 0.312 e. The van der Waals surface area contributed by atoms with Gasteiger partial charge in [0.05, 0.1) is 0 Å². The summed E-state index contributed by atoms with van der Waals surface area (Å²) < 4.78 is 0. The molecule has 0 aromatic heterocycles. The normalized spacial score (nSPS) is 24.5. The van der Waals surface area contributed by atoms with E-state index >= 15 is 0 Å². The summed E-state index contributed by atoms with van der Waals surface area (Å²) >= 11 is 0. The average Bonchev–Trinajstić information content (AvgIpc) is 2.84. The molecule has 1 atom stereocenters. The maximum atomic E-state index is 3.77. The van der Waals surface area contributed by atoms with Crippen LogP contribution in [0.25, 0.3) is 0 Å². The van der Waals surface area contributed by atoms with Gasteiger partial charge in [0.2, 0.25) is 0 Å². The highest BCUT2D eigenvalue weighted by atomic mass is 15.2. The third-order valence-corrected chi connectivity index (χ3v) is 4.75. The summed E-state index contributed by atoms with van der Waals surface area (Å²) in [4.78, 5) is 2.62. The second-order valence-corrected chi connectivity index (χ2v) is 6.23. The predicted octanol–water partition coefficient (Wildman–Crippen LogP) is 2.69. The molecule has 1 N–H and O–H groups in total. The molecule has 1 heterocycles. The Morgan fingerprint density at radius 2 is 1.95 bits per heavy atom. The smallest absolute Gasteiger partial charge is 0.0207 e. The number of hydrogen-bond acceptors (Lipinski definition) is 2. The highest BCUT2D eigenvalue weighted by Gasteiger charge is 2.24. The van der Waals surface area contributed by atoms with Crippen molar-refractivity contribution in [3.05, 3.63) is 35.9 Å². The van der Waals surface area contributed by atoms with E-state index in [9.17, 15) is 0 Å². The van der Waals surface area contributed by atoms with E-state index in [1.165, 1.54) is 63.8 Å². The van der Waals surface area contributed by atoms with Gasteiger partial charge < -0.3 is 10.2 Å². The highest BCUT2D eigenvalue weighted by molar-refractivity contribution is 5.14. The molecular weight excluding hydrogens is 232 g/mol. The Bertz CT molecular complexity index is 372. The van der Waals surface area contributed by atoms with E-state index in [0.717, 1.165) is 12.0 Å². The van der Waals surface area contributed by atoms with Crippen molar-refractivity contribution in [2.75, 3.05) is 26.2 Å². The first-order valence-electron chi connectivity index (χ1n) is 7.90. The van der Waals surface area contributed by atoms with Crippen LogP contribution in [0.4, 0.5) is 0 Å². The van der Waals surface area contributed by atoms with E-state index in [1.54, 1.807) is 0 Å². The molecule has 2 nitrogen and oxygen atoms in total. The predicted molar refractivity (Wildman–Crippen MR) is 80.3 cm³/mol. The lowest BCUT2D eigenvalue weighted by Gasteiger charge is -2.27. The topological polar surface area (TPSA) is 15.3 Å². The van der Waals surface area contributed by atoms with Crippen molar-refractivity contribution >= 4 is 0 Å². The fraction of sp³-hybridized carbons (Fsp3) is 0.647. The Balaban J connectivity index is 1.34. The van der Waals surface area contributed by atoms with Gasteiger partial charge in [-0.1, -0.05) is 36.8 Å². The fourth-order valence-corrected chi connectivity index (χ4v) is 3.16. The van der Waals surface area contributed by atoms with Crippen molar-refractivity contribution in [1.82, 2.24) is 10.2 Å². The standard InChI is InChI=1S/C17H26N2/c1-2-5-15(6-3-1)9-11-19-12-10-17(14-19)18-13-16-7-4-8-16/h1-3,5-6,16-18H,4,7-14H2. The summed E-state index contributed by atoms with van der Waals surface area (Å²) in [6.07, 6.45) is 6.90. The van der Waals surface area contributed by atoms with Gasteiger partial charge in [-0.15, -0.1) is 0 Å². The second-order valence-electron chi connectivity index (χ2n) is 6.23. The third-order valence-electron chi connectivity index (χ3n) is 4.75. The summed E-state index contributed by atoms with van der Waals surface area (Å²) in [5.41, 5.74) is 1.47. The molecule has 1 unspecified atom stereocenters. The van der Waals surface area contributed by atoms with Gasteiger partial charge in [-0.25, -0.2) is 0 Å². The van der Waals surface area contributed by atoms with Crippen LogP contribution in [0.5, 0.6) is 0 Å². The summed E-state index contributed by atoms with van der Waals surface area (Å²) in [6.45, 7) is 5.00. The van der Waals surface area contributed by atoms with Gasteiger partial charge in [-0.05, 0) is 50.3 Å². The zero-order chi connectivity index (χ0) is 12.9. The van der Waals surface area contributed by atoms with E-state index in [0.29, 0.717) is 0 Å². The number of nitrogens with zero attached hydrogens (tertiary/aromatic N) is 1. The molecule has 0 amide bonds. The maximum Gasteiger partial charge on any atom is 0.0207 e. The van der Waals surface area contributed by atoms with Crippen LogP contribution in [0.15, 0.2) is 30.3 Å². The molecule has 0 spiro atoms. The van der Waals surface area contributed by atoms with Crippen molar-refractivity contribution in [1.29, 1.82) is 0 Å². The molecule has 1 saturated heterocycles. The van der Waals surface area contributed by atoms with Gasteiger partial charge in [0.1, 0.15) is 0 Å². The molecule has 1 aromatic rings. The molecule has 2 heteroatoms. The fourth-order valence-electron chi connectivity index (χ4n) is 3.16. The van der Waals surface area contributed by atoms with Crippen LogP contribution in [0, 0.1) is 5.92 Å². The molecule has 3 rings (SSSR count). The molecule has 19 heavy (non-hydrogen) atoms. The summed E-state index contributed by atoms with van der Waals surface area (Å²) in [7, 11) is 0. The Labute approximate surface area is 117 Å². The van der Waals surface area contributed by atoms with Crippen molar-refractivity contribution in [2.45, 2.75) is 38.1 Å². The van der Waals surface area contributed by atoms with Gasteiger partial charge in [0, 0.05) is 19.1 Å². The summed E-state index contributed by atoms with van der Waals surface area (Å²) in [6, 6.07) is 11.6. The lowest BCUT2D eigenvalue weighted by molar-refractivity contribution is 0.282. The van der Waals surface area contributed by atoms with E-state index in [1.807, 2.05) is 0 Å². The van der Waals surface area contributed by atoms with Gasteiger partial charge in [0.25, 0.3) is 0 Å². The van der Waals surface area contributed by atoms with Crippen LogP contribution >= 0.6 is 0 Å². The monoisotopic (exact) mass is 258 g/mol. The number of likely N-dealkylation sites (tertiary alicyclic amines) is 1. The Morgan fingerprint density at radius 3 is 2.68 bits per heavy atom. The number of rotatable bonds is 6. The molecule has 0 bridgehead atoms. The first-order valence-corrected chi connectivity index (χ1v) is 7.90. The molecule has 0 radical (unpaired) electrons. The van der Waals surface area contributed by atoms with E-state index in [2.05, 4.69) is 40.5 Å². The van der Waals surface area contributed by atoms with Crippen molar-refractivity contribution in [3.63, 3.8) is 0 Å². The minimum Gasteiger partial charge on any atom is -0.312 e. The van der Waals surface area contributed by atoms with Gasteiger partial charge in [0.15, 0.2) is 0 Å². The zero-order valence-corrected chi connectivity index (χ0v) is 11.9. The first-order chi connectivity index (χ1) is 9.40. The lowest BCUT2D eigenvalue weighted by Crippen LogP contribution is -2.37. The van der Waals surface area contributed by atoms with Crippen LogP contribution in [-0.4, -0.2) is 37.1 Å². The zero-order valence-electron chi connectivity index (χ0n) is 11.9. The third kappa shape index (κ3) is 3.80. The minimum atomic E-state index is 0.747. The average molecular weight is 258 g/mol. The Kier molecular flexibility index (Phi) is 4.52. The second kappa shape index (κ2) is 6.53. The van der Waals surface area contributed by atoms with E-state index < -0.39 is 0 Å². The van der Waals surface area contributed by atoms with Gasteiger partial charge >= 0.3 is 0 Å². The Hall–Kier alpha value is -0.860. The summed E-state index contributed by atoms with van der Waals surface area (Å²) in [5, 5.41) is 3.77. The number of benzene rings is 1. The van der Waals surface area contributed by atoms with Crippen LogP contribution in [0.2, 0.25) is 0 Å². The van der Waals surface area contributed by atoms with Crippen LogP contribution < -0.4 is 5.32 Å². The van der Waals surface area contributed by atoms with Gasteiger partial charge in [-0.2, -0.15) is 0 Å². The van der Waals surface area contributed by atoms with Gasteiger partial charge in [-0.3, -0.25) is 0 Å². The van der Waals surface area contributed by atoms with E-state index in [4.69, 9.17) is 0 Å². The molecule has 2 aliphatic rings. The molecule has 104 valence electrons. The molecule has 1 saturated carbocycles. The quantitative estimate of drug-likeness (QED) is 0.844. The Morgan fingerprint density at radius 1 is 1.11 bits per heavy atom.